The van der Waals surface area contributed by atoms with Crippen LogP contribution in [0.3, 0.4) is 0 Å². The summed E-state index contributed by atoms with van der Waals surface area (Å²) in [5, 5.41) is 2.96. The van der Waals surface area contributed by atoms with Crippen LogP contribution >= 0.6 is 0 Å². The summed E-state index contributed by atoms with van der Waals surface area (Å²) in [5.74, 6) is -0.419. The van der Waals surface area contributed by atoms with Gasteiger partial charge in [0, 0.05) is 12.0 Å². The van der Waals surface area contributed by atoms with Crippen LogP contribution in [0.25, 0.3) is 0 Å². The molecule has 0 saturated heterocycles. The number of rotatable bonds is 8. The van der Waals surface area contributed by atoms with Crippen molar-refractivity contribution in [3.8, 4) is 0 Å². The fourth-order valence-corrected chi connectivity index (χ4v) is 5.77. The Morgan fingerprint density at radius 3 is 2.49 bits per heavy atom. The molecule has 0 saturated carbocycles. The van der Waals surface area contributed by atoms with E-state index in [4.69, 9.17) is 0 Å². The first-order valence-corrected chi connectivity index (χ1v) is 13.2. The van der Waals surface area contributed by atoms with Gasteiger partial charge in [0.05, 0.1) is 22.5 Å². The summed E-state index contributed by atoms with van der Waals surface area (Å²) in [7, 11) is -4.39. The van der Waals surface area contributed by atoms with E-state index >= 15 is 0 Å². The number of alkyl halides is 3. The Morgan fingerprint density at radius 2 is 1.78 bits per heavy atom. The maximum absolute atomic E-state index is 13.1. The van der Waals surface area contributed by atoms with Crippen LogP contribution in [0.5, 0.6) is 0 Å². The largest absolute Gasteiger partial charge is 0.416 e. The molecule has 3 aromatic carbocycles. The smallest absolute Gasteiger partial charge is 0.349 e. The van der Waals surface area contributed by atoms with E-state index < -0.39 is 38.6 Å². The number of sulfonamides is 1. The summed E-state index contributed by atoms with van der Waals surface area (Å²) in [6, 6.07) is 15.8. The predicted octanol–water partition coefficient (Wildman–Crippen LogP) is 5.12. The number of nitrogens with one attached hydrogen (secondary N) is 2. The van der Waals surface area contributed by atoms with Crippen molar-refractivity contribution in [2.24, 2.45) is 0 Å². The van der Waals surface area contributed by atoms with Crippen molar-refractivity contribution < 1.29 is 31.2 Å². The molecule has 0 spiro atoms. The van der Waals surface area contributed by atoms with E-state index in [1.807, 2.05) is 6.07 Å². The average Bonchev–Trinajstić information content (AvgIpc) is 2.88. The molecule has 37 heavy (non-hydrogen) atoms. The Morgan fingerprint density at radius 1 is 1.03 bits per heavy atom. The lowest BCUT2D eigenvalue weighted by molar-refractivity contribution is -0.137. The van der Waals surface area contributed by atoms with Gasteiger partial charge in [0.2, 0.25) is 15.9 Å². The number of amides is 1. The summed E-state index contributed by atoms with van der Waals surface area (Å²) in [5.41, 5.74) is 1.85. The maximum atomic E-state index is 13.1. The van der Waals surface area contributed by atoms with Crippen molar-refractivity contribution >= 4 is 22.2 Å². The van der Waals surface area contributed by atoms with Crippen molar-refractivity contribution in [2.45, 2.75) is 48.8 Å². The van der Waals surface area contributed by atoms with Crippen molar-refractivity contribution in [3.05, 3.63) is 101 Å². The molecule has 3 aromatic rings. The lowest BCUT2D eigenvalue weighted by Gasteiger charge is -2.27. The van der Waals surface area contributed by atoms with E-state index in [0.29, 0.717) is 23.6 Å². The highest BCUT2D eigenvalue weighted by Crippen LogP contribution is 2.32. The third kappa shape index (κ3) is 6.44. The van der Waals surface area contributed by atoms with Crippen LogP contribution in [0, 0.1) is 0 Å². The molecule has 1 amide bonds. The molecule has 2 unspecified atom stereocenters. The van der Waals surface area contributed by atoms with E-state index in [0.717, 1.165) is 48.5 Å². The normalized spacial score (nSPS) is 16.5. The molecule has 6 nitrogen and oxygen atoms in total. The molecule has 194 valence electrons. The molecule has 0 bridgehead atoms. The van der Waals surface area contributed by atoms with Crippen LogP contribution in [0.1, 0.15) is 64.0 Å². The second kappa shape index (κ2) is 10.9. The van der Waals surface area contributed by atoms with Crippen LogP contribution in [-0.4, -0.2) is 20.6 Å². The zero-order valence-corrected chi connectivity index (χ0v) is 20.5. The van der Waals surface area contributed by atoms with Crippen molar-refractivity contribution in [1.82, 2.24) is 10.0 Å². The number of fused-ring (bicyclic) bond motifs is 1. The highest BCUT2D eigenvalue weighted by Gasteiger charge is 2.32. The fourth-order valence-electron chi connectivity index (χ4n) is 4.50. The van der Waals surface area contributed by atoms with Crippen LogP contribution in [0.2, 0.25) is 0 Å². The minimum atomic E-state index is -4.70. The van der Waals surface area contributed by atoms with Gasteiger partial charge >= 0.3 is 6.18 Å². The lowest BCUT2D eigenvalue weighted by Crippen LogP contribution is -2.36. The van der Waals surface area contributed by atoms with Gasteiger partial charge < -0.3 is 5.32 Å². The zero-order chi connectivity index (χ0) is 26.6. The van der Waals surface area contributed by atoms with Gasteiger partial charge in [0.25, 0.3) is 0 Å². The van der Waals surface area contributed by atoms with Gasteiger partial charge in [-0.15, -0.1) is 0 Å². The number of carbonyl (C=O) groups is 2. The average molecular weight is 531 g/mol. The second-order valence-corrected chi connectivity index (χ2v) is 10.6. The first-order chi connectivity index (χ1) is 17.6. The summed E-state index contributed by atoms with van der Waals surface area (Å²) >= 11 is 0. The third-order valence-corrected chi connectivity index (χ3v) is 7.78. The van der Waals surface area contributed by atoms with Crippen LogP contribution < -0.4 is 10.0 Å². The molecule has 10 heteroatoms. The van der Waals surface area contributed by atoms with Crippen LogP contribution in [0.4, 0.5) is 13.2 Å². The van der Waals surface area contributed by atoms with Gasteiger partial charge in [0.15, 0.2) is 0 Å². The Balaban J connectivity index is 1.55. The van der Waals surface area contributed by atoms with Gasteiger partial charge in [0.1, 0.15) is 6.29 Å². The van der Waals surface area contributed by atoms with Gasteiger partial charge in [-0.3, -0.25) is 9.59 Å². The number of benzene rings is 3. The van der Waals surface area contributed by atoms with Gasteiger partial charge in [-0.2, -0.15) is 13.2 Å². The summed E-state index contributed by atoms with van der Waals surface area (Å²) in [6.45, 7) is 0. The summed E-state index contributed by atoms with van der Waals surface area (Å²) in [6.07, 6.45) is -1.92. The molecule has 0 aliphatic heterocycles. The number of aryl methyl sites for hydroxylation is 1. The van der Waals surface area contributed by atoms with E-state index in [9.17, 15) is 31.2 Å². The predicted molar refractivity (Wildman–Crippen MR) is 131 cm³/mol. The Bertz CT molecular complexity index is 1390. The summed E-state index contributed by atoms with van der Waals surface area (Å²) < 4.78 is 67.9. The molecule has 0 radical (unpaired) electrons. The number of hydrogen-bond acceptors (Lipinski definition) is 4. The molecule has 1 aliphatic carbocycles. The van der Waals surface area contributed by atoms with E-state index in [2.05, 4.69) is 10.0 Å². The molecule has 0 heterocycles. The Labute approximate surface area is 213 Å². The lowest BCUT2D eigenvalue weighted by atomic mass is 9.86. The fraction of sp³-hybridized carbons (Fsp3) is 0.259. The molecule has 0 aromatic heterocycles. The SMILES string of the molecule is O=Cc1ccc2c(c1)CCCC2NC(=O)CC(NS(=O)(=O)c1cccc(C(F)(F)F)c1)c1ccccc1. The van der Waals surface area contributed by atoms with Crippen LogP contribution in [0.15, 0.2) is 77.7 Å². The van der Waals surface area contributed by atoms with E-state index in [-0.39, 0.29) is 12.5 Å². The van der Waals surface area contributed by atoms with Crippen molar-refractivity contribution in [3.63, 3.8) is 0 Å². The minimum absolute atomic E-state index is 0.263. The molecular formula is C27H25F3N2O4S. The van der Waals surface area contributed by atoms with E-state index in [1.54, 1.807) is 42.5 Å². The minimum Gasteiger partial charge on any atom is -0.349 e. The number of carbonyl (C=O) groups excluding carboxylic acids is 2. The molecule has 0 fully saturated rings. The standard InChI is InChI=1S/C27H25F3N2O4S/c28-27(29,30)21-9-5-10-22(15-21)37(35,36)32-25(19-6-2-1-3-7-19)16-26(34)31-24-11-4-8-20-14-18(17-33)12-13-23(20)24/h1-3,5-7,9-10,12-15,17,24-25,32H,4,8,11,16H2,(H,31,34). The van der Waals surface area contributed by atoms with Gasteiger partial charge in [-0.25, -0.2) is 13.1 Å². The highest BCUT2D eigenvalue weighted by atomic mass is 32.2. The molecular weight excluding hydrogens is 505 g/mol. The second-order valence-electron chi connectivity index (χ2n) is 8.90. The van der Waals surface area contributed by atoms with Gasteiger partial charge in [-0.1, -0.05) is 48.5 Å². The molecule has 4 rings (SSSR count). The molecule has 2 N–H and O–H groups in total. The van der Waals surface area contributed by atoms with Crippen molar-refractivity contribution in [1.29, 1.82) is 0 Å². The Hall–Kier alpha value is -3.50. The zero-order valence-electron chi connectivity index (χ0n) is 19.7. The van der Waals surface area contributed by atoms with E-state index in [1.165, 1.54) is 0 Å². The van der Waals surface area contributed by atoms with Gasteiger partial charge in [-0.05, 0) is 60.2 Å². The quantitative estimate of drug-likeness (QED) is 0.396. The third-order valence-electron chi connectivity index (χ3n) is 6.31. The highest BCUT2D eigenvalue weighted by molar-refractivity contribution is 7.89. The molecule has 1 aliphatic rings. The Kier molecular flexibility index (Phi) is 7.79. The number of halogens is 3. The first kappa shape index (κ1) is 26.6. The molecule has 2 atom stereocenters. The maximum Gasteiger partial charge on any atom is 0.416 e. The number of aldehydes is 1. The van der Waals surface area contributed by atoms with Crippen LogP contribution in [-0.2, 0) is 27.4 Å². The first-order valence-electron chi connectivity index (χ1n) is 11.7. The number of hydrogen-bond donors (Lipinski definition) is 2. The van der Waals surface area contributed by atoms with Crippen molar-refractivity contribution in [2.75, 3.05) is 0 Å². The summed E-state index contributed by atoms with van der Waals surface area (Å²) in [4.78, 5) is 23.6. The monoisotopic (exact) mass is 530 g/mol. The topological polar surface area (TPSA) is 92.3 Å².